The van der Waals surface area contributed by atoms with Gasteiger partial charge in [0.05, 0.1) is 5.52 Å². The van der Waals surface area contributed by atoms with Crippen molar-refractivity contribution in [3.8, 4) is 0 Å². The number of pyridine rings is 1. The maximum absolute atomic E-state index is 4.18. The van der Waals surface area contributed by atoms with Crippen LogP contribution in [0.2, 0.25) is 0 Å². The summed E-state index contributed by atoms with van der Waals surface area (Å²) in [5, 5.41) is 1.11. The van der Waals surface area contributed by atoms with Crippen molar-refractivity contribution < 1.29 is 0 Å². The van der Waals surface area contributed by atoms with Crippen molar-refractivity contribution in [2.75, 3.05) is 0 Å². The van der Waals surface area contributed by atoms with Crippen LogP contribution in [-0.4, -0.2) is 4.98 Å². The Kier molecular flexibility index (Phi) is 1.62. The summed E-state index contributed by atoms with van der Waals surface area (Å²) in [6, 6.07) is 10.8. The van der Waals surface area contributed by atoms with Crippen LogP contribution in [0.3, 0.4) is 0 Å². The second-order valence-electron chi connectivity index (χ2n) is 2.25. The maximum Gasteiger partial charge on any atom is 0.0844 e. The summed E-state index contributed by atoms with van der Waals surface area (Å²) in [6.07, 6.45) is 1.67. The monoisotopic (exact) mass is 206 g/mol. The van der Waals surface area contributed by atoms with Gasteiger partial charge in [0.15, 0.2) is 0 Å². The van der Waals surface area contributed by atoms with Gasteiger partial charge >= 0.3 is 0 Å². The van der Waals surface area contributed by atoms with Crippen LogP contribution in [0.5, 0.6) is 0 Å². The predicted molar refractivity (Wildman–Crippen MR) is 48.3 cm³/mol. The number of nitrogens with zero attached hydrogens (tertiary/aromatic N) is 1. The average Bonchev–Trinajstić information content (AvgIpc) is 2.06. The molecule has 11 heavy (non-hydrogen) atoms. The van der Waals surface area contributed by atoms with Crippen LogP contribution in [0.1, 0.15) is 0 Å². The van der Waals surface area contributed by atoms with E-state index in [-0.39, 0.29) is 0 Å². The maximum atomic E-state index is 4.18. The van der Waals surface area contributed by atoms with E-state index in [0.717, 1.165) is 15.4 Å². The quantitative estimate of drug-likeness (QED) is 0.647. The van der Waals surface area contributed by atoms with Gasteiger partial charge in [-0.25, -0.2) is 0 Å². The molecule has 0 aliphatic heterocycles. The van der Waals surface area contributed by atoms with E-state index in [1.165, 1.54) is 0 Å². The molecule has 0 saturated carbocycles. The van der Waals surface area contributed by atoms with E-state index in [0.29, 0.717) is 0 Å². The first-order valence-corrected chi connectivity index (χ1v) is 4.07. The Bertz CT molecular complexity index is 379. The Morgan fingerprint density at radius 1 is 1.36 bits per heavy atom. The molecule has 0 N–H and O–H groups in total. The molecule has 0 atom stereocenters. The fraction of sp³-hybridized carbons (Fsp3) is 0. The van der Waals surface area contributed by atoms with Crippen molar-refractivity contribution >= 4 is 26.8 Å². The second-order valence-corrected chi connectivity index (χ2v) is 3.10. The Labute approximate surface area is 73.2 Å². The lowest BCUT2D eigenvalue weighted by molar-refractivity contribution is 1.40. The Hall–Kier alpha value is -0.890. The molecule has 1 aromatic heterocycles. The summed E-state index contributed by atoms with van der Waals surface area (Å²) in [5.74, 6) is 0. The molecule has 0 amide bonds. The number of aromatic nitrogens is 1. The number of halogens is 1. The summed E-state index contributed by atoms with van der Waals surface area (Å²) < 4.78 is 1.03. The van der Waals surface area contributed by atoms with Gasteiger partial charge in [-0.15, -0.1) is 0 Å². The molecular formula is C9H5BrN. The first-order valence-electron chi connectivity index (χ1n) is 3.28. The molecule has 0 fully saturated rings. The number of fused-ring (bicyclic) bond motifs is 1. The van der Waals surface area contributed by atoms with E-state index >= 15 is 0 Å². The molecular weight excluding hydrogens is 202 g/mol. The minimum absolute atomic E-state index is 0.992. The zero-order valence-corrected chi connectivity index (χ0v) is 7.30. The number of rotatable bonds is 0. The molecule has 0 spiro atoms. The van der Waals surface area contributed by atoms with Crippen LogP contribution in [0.4, 0.5) is 0 Å². The summed E-state index contributed by atoms with van der Waals surface area (Å²) in [5.41, 5.74) is 0.992. The highest BCUT2D eigenvalue weighted by Crippen LogP contribution is 2.20. The molecule has 0 aliphatic carbocycles. The van der Waals surface area contributed by atoms with Gasteiger partial charge in [0.1, 0.15) is 0 Å². The third-order valence-electron chi connectivity index (χ3n) is 1.53. The van der Waals surface area contributed by atoms with E-state index in [4.69, 9.17) is 0 Å². The highest BCUT2D eigenvalue weighted by Gasteiger charge is 1.95. The summed E-state index contributed by atoms with van der Waals surface area (Å²) in [7, 11) is 0. The first-order chi connectivity index (χ1) is 5.38. The normalized spacial score (nSPS) is 10.3. The Balaban J connectivity index is 2.91. The summed E-state index contributed by atoms with van der Waals surface area (Å²) >= 11 is 3.42. The van der Waals surface area contributed by atoms with Crippen LogP contribution in [-0.2, 0) is 0 Å². The predicted octanol–water partition coefficient (Wildman–Crippen LogP) is 2.80. The Morgan fingerprint density at radius 2 is 2.27 bits per heavy atom. The van der Waals surface area contributed by atoms with Gasteiger partial charge in [-0.05, 0) is 28.1 Å². The van der Waals surface area contributed by atoms with Gasteiger partial charge in [-0.2, -0.15) is 0 Å². The lowest BCUT2D eigenvalue weighted by Crippen LogP contribution is -1.77. The first kappa shape index (κ1) is 6.80. The summed E-state index contributed by atoms with van der Waals surface area (Å²) in [6.45, 7) is 0. The van der Waals surface area contributed by atoms with Crippen molar-refractivity contribution in [1.29, 1.82) is 0 Å². The largest absolute Gasteiger partial charge is 0.254 e. The Morgan fingerprint density at radius 3 is 3.09 bits per heavy atom. The fourth-order valence-electron chi connectivity index (χ4n) is 1.01. The number of hydrogen-bond acceptors (Lipinski definition) is 1. The van der Waals surface area contributed by atoms with Crippen molar-refractivity contribution in [3.05, 3.63) is 41.0 Å². The van der Waals surface area contributed by atoms with Gasteiger partial charge in [-0.3, -0.25) is 4.98 Å². The molecule has 1 nitrogen and oxygen atoms in total. The minimum atomic E-state index is 0.992. The zero-order chi connectivity index (χ0) is 7.68. The molecule has 1 heterocycles. The van der Waals surface area contributed by atoms with Gasteiger partial charge in [-0.1, -0.05) is 12.1 Å². The van der Waals surface area contributed by atoms with Crippen LogP contribution in [0.25, 0.3) is 10.9 Å². The molecule has 1 aromatic carbocycles. The highest BCUT2D eigenvalue weighted by atomic mass is 79.9. The van der Waals surface area contributed by atoms with Crippen molar-refractivity contribution in [2.45, 2.75) is 0 Å². The van der Waals surface area contributed by atoms with Gasteiger partial charge < -0.3 is 0 Å². The van der Waals surface area contributed by atoms with Crippen LogP contribution in [0.15, 0.2) is 34.9 Å². The fourth-order valence-corrected chi connectivity index (χ4v) is 1.50. The number of benzene rings is 1. The zero-order valence-electron chi connectivity index (χ0n) is 5.71. The topological polar surface area (TPSA) is 12.9 Å². The summed E-state index contributed by atoms with van der Waals surface area (Å²) in [4.78, 5) is 4.18. The molecule has 0 saturated heterocycles. The molecule has 0 aliphatic rings. The van der Waals surface area contributed by atoms with Crippen molar-refractivity contribution in [3.63, 3.8) is 0 Å². The van der Waals surface area contributed by atoms with E-state index < -0.39 is 0 Å². The van der Waals surface area contributed by atoms with Crippen LogP contribution < -0.4 is 0 Å². The average molecular weight is 207 g/mol. The lowest BCUT2D eigenvalue weighted by atomic mass is 10.2. The smallest absolute Gasteiger partial charge is 0.0844 e. The second kappa shape index (κ2) is 2.62. The highest BCUT2D eigenvalue weighted by molar-refractivity contribution is 9.10. The van der Waals surface area contributed by atoms with Crippen molar-refractivity contribution in [2.24, 2.45) is 0 Å². The SMILES string of the molecule is Brc1cccc2c[c]cnc12. The van der Waals surface area contributed by atoms with Gasteiger partial charge in [0, 0.05) is 22.1 Å². The standard InChI is InChI=1S/C9H5BrN/c10-8-5-1-3-7-4-2-6-11-9(7)8/h1,3-6H. The molecule has 2 rings (SSSR count). The van der Waals surface area contributed by atoms with E-state index in [2.05, 4.69) is 27.0 Å². The molecule has 1 radical (unpaired) electrons. The van der Waals surface area contributed by atoms with Gasteiger partial charge in [0.25, 0.3) is 0 Å². The third kappa shape index (κ3) is 1.14. The van der Waals surface area contributed by atoms with Crippen molar-refractivity contribution in [1.82, 2.24) is 4.98 Å². The minimum Gasteiger partial charge on any atom is -0.254 e. The molecule has 0 unspecified atom stereocenters. The molecule has 2 aromatic rings. The van der Waals surface area contributed by atoms with E-state index in [1.807, 2.05) is 24.3 Å². The van der Waals surface area contributed by atoms with Crippen LogP contribution in [0, 0.1) is 6.07 Å². The molecule has 2 heteroatoms. The third-order valence-corrected chi connectivity index (χ3v) is 2.16. The lowest BCUT2D eigenvalue weighted by Gasteiger charge is -1.96. The van der Waals surface area contributed by atoms with Crippen LogP contribution >= 0.6 is 15.9 Å². The van der Waals surface area contributed by atoms with E-state index in [1.54, 1.807) is 6.20 Å². The molecule has 0 bridgehead atoms. The van der Waals surface area contributed by atoms with E-state index in [9.17, 15) is 0 Å². The number of hydrogen-bond donors (Lipinski definition) is 0. The van der Waals surface area contributed by atoms with Gasteiger partial charge in [0.2, 0.25) is 0 Å². The number of para-hydroxylation sites is 1. The molecule has 53 valence electrons.